The van der Waals surface area contributed by atoms with E-state index in [0.717, 1.165) is 24.0 Å². The number of aryl methyl sites for hydroxylation is 1. The summed E-state index contributed by atoms with van der Waals surface area (Å²) in [5.74, 6) is 1.21. The number of hydrogen-bond donors (Lipinski definition) is 2. The number of nitrogens with one attached hydrogen (secondary N) is 1. The molecule has 1 heterocycles. The second-order valence-electron chi connectivity index (χ2n) is 5.78. The van der Waals surface area contributed by atoms with Gasteiger partial charge in [-0.3, -0.25) is 0 Å². The molecule has 2 amide bonds. The maximum atomic E-state index is 11.8. The zero-order valence-corrected chi connectivity index (χ0v) is 14.3. The maximum absolute atomic E-state index is 11.8. The summed E-state index contributed by atoms with van der Waals surface area (Å²) in [7, 11) is 1.66. The fourth-order valence-corrected chi connectivity index (χ4v) is 2.26. The van der Waals surface area contributed by atoms with Crippen molar-refractivity contribution in [2.24, 2.45) is 0 Å². The van der Waals surface area contributed by atoms with Gasteiger partial charge < -0.3 is 19.8 Å². The highest BCUT2D eigenvalue weighted by molar-refractivity contribution is 5.73. The minimum atomic E-state index is -0.536. The van der Waals surface area contributed by atoms with Gasteiger partial charge in [0.05, 0.1) is 6.10 Å². The third-order valence-electron chi connectivity index (χ3n) is 3.56. The third kappa shape index (κ3) is 5.06. The fourth-order valence-electron chi connectivity index (χ4n) is 2.26. The van der Waals surface area contributed by atoms with Gasteiger partial charge in [0.2, 0.25) is 0 Å². The molecule has 1 unspecified atom stereocenters. The van der Waals surface area contributed by atoms with Crippen molar-refractivity contribution < 1.29 is 14.4 Å². The largest absolute Gasteiger partial charge is 0.392 e. The van der Waals surface area contributed by atoms with Crippen LogP contribution in [0.25, 0.3) is 11.5 Å². The number of amides is 2. The molecule has 0 spiro atoms. The zero-order valence-electron chi connectivity index (χ0n) is 14.3. The van der Waals surface area contributed by atoms with Crippen LogP contribution in [-0.4, -0.2) is 52.4 Å². The summed E-state index contributed by atoms with van der Waals surface area (Å²) in [6.45, 7) is 4.47. The van der Waals surface area contributed by atoms with E-state index in [-0.39, 0.29) is 6.03 Å². The number of aromatic nitrogens is 2. The summed E-state index contributed by atoms with van der Waals surface area (Å²) < 4.78 is 5.21. The second-order valence-corrected chi connectivity index (χ2v) is 5.78. The molecule has 0 aliphatic heterocycles. The van der Waals surface area contributed by atoms with E-state index in [1.165, 1.54) is 4.90 Å². The molecule has 0 saturated carbocycles. The fraction of sp³-hybridized carbons (Fsp3) is 0.471. The summed E-state index contributed by atoms with van der Waals surface area (Å²) >= 11 is 0. The van der Waals surface area contributed by atoms with Gasteiger partial charge in [0.15, 0.2) is 5.82 Å². The highest BCUT2D eigenvalue weighted by Gasteiger charge is 2.10. The first-order valence-corrected chi connectivity index (χ1v) is 8.08. The van der Waals surface area contributed by atoms with Crippen LogP contribution in [0.1, 0.15) is 25.2 Å². The predicted molar refractivity (Wildman–Crippen MR) is 90.5 cm³/mol. The molecular formula is C17H24N4O3. The third-order valence-corrected chi connectivity index (χ3v) is 3.56. The van der Waals surface area contributed by atoms with Crippen molar-refractivity contribution in [3.8, 4) is 11.5 Å². The average molecular weight is 332 g/mol. The molecule has 0 bridgehead atoms. The lowest BCUT2D eigenvalue weighted by atomic mass is 10.1. The maximum Gasteiger partial charge on any atom is 0.317 e. The zero-order chi connectivity index (χ0) is 17.5. The predicted octanol–water partition coefficient (Wildman–Crippen LogP) is 1.86. The minimum Gasteiger partial charge on any atom is -0.392 e. The molecule has 2 rings (SSSR count). The lowest BCUT2D eigenvalue weighted by molar-refractivity contribution is 0.144. The van der Waals surface area contributed by atoms with Crippen molar-refractivity contribution in [3.63, 3.8) is 0 Å². The van der Waals surface area contributed by atoms with Crippen molar-refractivity contribution in [2.45, 2.75) is 32.8 Å². The van der Waals surface area contributed by atoms with Crippen molar-refractivity contribution in [2.75, 3.05) is 20.1 Å². The molecule has 24 heavy (non-hydrogen) atoms. The smallest absolute Gasteiger partial charge is 0.317 e. The van der Waals surface area contributed by atoms with Crippen molar-refractivity contribution in [1.29, 1.82) is 0 Å². The topological polar surface area (TPSA) is 91.5 Å². The van der Waals surface area contributed by atoms with E-state index in [2.05, 4.69) is 15.5 Å². The van der Waals surface area contributed by atoms with Gasteiger partial charge in [0.25, 0.3) is 5.89 Å². The summed E-state index contributed by atoms with van der Waals surface area (Å²) in [5.41, 5.74) is 1.99. The number of benzene rings is 1. The van der Waals surface area contributed by atoms with Crippen LogP contribution in [0.15, 0.2) is 28.8 Å². The van der Waals surface area contributed by atoms with Crippen molar-refractivity contribution in [3.05, 3.63) is 35.7 Å². The number of carbonyl (C=O) groups excluding carboxylic acids is 1. The summed E-state index contributed by atoms with van der Waals surface area (Å²) in [4.78, 5) is 17.6. The summed E-state index contributed by atoms with van der Waals surface area (Å²) in [6.07, 6.45) is 0.926. The van der Waals surface area contributed by atoms with Gasteiger partial charge in [-0.05, 0) is 31.0 Å². The van der Waals surface area contributed by atoms with E-state index in [1.807, 2.05) is 31.2 Å². The lowest BCUT2D eigenvalue weighted by Crippen LogP contribution is -2.41. The molecule has 2 aromatic rings. The first-order chi connectivity index (χ1) is 11.5. The SMILES string of the molecule is CCc1noc(-c2ccc(CCNC(=O)N(C)CC(C)O)cc2)n1. The first kappa shape index (κ1) is 17.9. The van der Waals surface area contributed by atoms with Crippen molar-refractivity contribution >= 4 is 6.03 Å². The Morgan fingerprint density at radius 1 is 1.38 bits per heavy atom. The van der Waals surface area contributed by atoms with Crippen LogP contribution in [0.4, 0.5) is 4.79 Å². The normalized spacial score (nSPS) is 12.0. The molecule has 1 atom stereocenters. The van der Waals surface area contributed by atoms with E-state index in [4.69, 9.17) is 4.52 Å². The van der Waals surface area contributed by atoms with Crippen LogP contribution < -0.4 is 5.32 Å². The average Bonchev–Trinajstić information content (AvgIpc) is 3.04. The Hall–Kier alpha value is -2.41. The molecule has 1 aromatic heterocycles. The van der Waals surface area contributed by atoms with Gasteiger partial charge in [-0.2, -0.15) is 4.98 Å². The Bertz CT molecular complexity index is 652. The van der Waals surface area contributed by atoms with Gasteiger partial charge in [-0.15, -0.1) is 0 Å². The molecule has 0 aliphatic rings. The van der Waals surface area contributed by atoms with E-state index < -0.39 is 6.10 Å². The summed E-state index contributed by atoms with van der Waals surface area (Å²) in [5, 5.41) is 16.0. The van der Waals surface area contributed by atoms with E-state index >= 15 is 0 Å². The Morgan fingerprint density at radius 3 is 2.67 bits per heavy atom. The Balaban J connectivity index is 1.82. The molecule has 0 aliphatic carbocycles. The van der Waals surface area contributed by atoms with E-state index in [9.17, 15) is 9.90 Å². The number of hydrogen-bond acceptors (Lipinski definition) is 5. The quantitative estimate of drug-likeness (QED) is 0.807. The van der Waals surface area contributed by atoms with Crippen LogP contribution >= 0.6 is 0 Å². The highest BCUT2D eigenvalue weighted by atomic mass is 16.5. The number of aliphatic hydroxyl groups is 1. The van der Waals surface area contributed by atoms with Crippen LogP contribution in [0.5, 0.6) is 0 Å². The van der Waals surface area contributed by atoms with Gasteiger partial charge in [-0.25, -0.2) is 4.79 Å². The standard InChI is InChI=1S/C17H24N4O3/c1-4-15-19-16(24-20-15)14-7-5-13(6-8-14)9-10-18-17(23)21(3)11-12(2)22/h5-8,12,22H,4,9-11H2,1-3H3,(H,18,23). The number of likely N-dealkylation sites (N-methyl/N-ethyl adjacent to an activating group) is 1. The van der Waals surface area contributed by atoms with Gasteiger partial charge in [0, 0.05) is 32.1 Å². The number of rotatable bonds is 7. The highest BCUT2D eigenvalue weighted by Crippen LogP contribution is 2.18. The Morgan fingerprint density at radius 2 is 2.08 bits per heavy atom. The van der Waals surface area contributed by atoms with Crippen LogP contribution in [-0.2, 0) is 12.8 Å². The minimum absolute atomic E-state index is 0.189. The number of aliphatic hydroxyl groups excluding tert-OH is 1. The molecule has 0 radical (unpaired) electrons. The molecule has 130 valence electrons. The van der Waals surface area contributed by atoms with Crippen LogP contribution in [0.2, 0.25) is 0 Å². The Kier molecular flexibility index (Phi) is 6.31. The number of carbonyl (C=O) groups is 1. The monoisotopic (exact) mass is 332 g/mol. The number of urea groups is 1. The molecule has 2 N–H and O–H groups in total. The second kappa shape index (κ2) is 8.44. The van der Waals surface area contributed by atoms with Gasteiger partial charge in [0.1, 0.15) is 0 Å². The van der Waals surface area contributed by atoms with Crippen LogP contribution in [0, 0.1) is 0 Å². The van der Waals surface area contributed by atoms with Crippen LogP contribution in [0.3, 0.4) is 0 Å². The Labute approximate surface area is 141 Å². The molecular weight excluding hydrogens is 308 g/mol. The first-order valence-electron chi connectivity index (χ1n) is 8.08. The molecule has 7 nitrogen and oxygen atoms in total. The van der Waals surface area contributed by atoms with Gasteiger partial charge >= 0.3 is 6.03 Å². The molecule has 7 heteroatoms. The molecule has 0 fully saturated rings. The summed E-state index contributed by atoms with van der Waals surface area (Å²) in [6, 6.07) is 7.64. The molecule has 0 saturated heterocycles. The number of nitrogens with zero attached hydrogens (tertiary/aromatic N) is 3. The molecule has 1 aromatic carbocycles. The van der Waals surface area contributed by atoms with Gasteiger partial charge in [-0.1, -0.05) is 24.2 Å². The van der Waals surface area contributed by atoms with E-state index in [1.54, 1.807) is 14.0 Å². The van der Waals surface area contributed by atoms with E-state index in [0.29, 0.717) is 24.8 Å². The van der Waals surface area contributed by atoms with Crippen molar-refractivity contribution in [1.82, 2.24) is 20.4 Å². The lowest BCUT2D eigenvalue weighted by Gasteiger charge is -2.19.